The molecule has 3 N–H and O–H groups in total. The predicted molar refractivity (Wildman–Crippen MR) is 96.5 cm³/mol. The number of thiophene rings is 1. The van der Waals surface area contributed by atoms with Crippen molar-refractivity contribution >= 4 is 27.3 Å². The molecule has 1 unspecified atom stereocenters. The van der Waals surface area contributed by atoms with Crippen LogP contribution < -0.4 is 15.2 Å². The zero-order valence-corrected chi connectivity index (χ0v) is 15.8. The Kier molecular flexibility index (Phi) is 4.38. The summed E-state index contributed by atoms with van der Waals surface area (Å²) < 4.78 is 28.1. The van der Waals surface area contributed by atoms with Gasteiger partial charge in [0.05, 0.1) is 18.0 Å². The normalized spacial score (nSPS) is 18.6. The summed E-state index contributed by atoms with van der Waals surface area (Å²) in [5.41, 5.74) is 2.28. The lowest BCUT2D eigenvalue weighted by Crippen LogP contribution is -2.27. The van der Waals surface area contributed by atoms with Crippen LogP contribution in [0, 0.1) is 0 Å². The minimum Gasteiger partial charge on any atom is -0.494 e. The molecule has 0 spiro atoms. The fourth-order valence-electron chi connectivity index (χ4n) is 3.32. The molecule has 0 fully saturated rings. The molecule has 1 heterocycles. The van der Waals surface area contributed by atoms with Crippen LogP contribution in [0.5, 0.6) is 5.75 Å². The van der Waals surface area contributed by atoms with E-state index in [4.69, 9.17) is 9.88 Å². The molecule has 0 aliphatic heterocycles. The first-order valence-electron chi connectivity index (χ1n) is 7.74. The van der Waals surface area contributed by atoms with Gasteiger partial charge >= 0.3 is 0 Å². The van der Waals surface area contributed by atoms with Gasteiger partial charge in [0.25, 0.3) is 15.9 Å². The lowest BCUT2D eigenvalue weighted by Gasteiger charge is -2.19. The summed E-state index contributed by atoms with van der Waals surface area (Å²) in [6.45, 7) is 4.29. The van der Waals surface area contributed by atoms with E-state index in [1.165, 1.54) is 18.7 Å². The molecule has 0 bridgehead atoms. The summed E-state index contributed by atoms with van der Waals surface area (Å²) in [6, 6.07) is 9.32. The van der Waals surface area contributed by atoms with Gasteiger partial charge in [0.2, 0.25) is 0 Å². The number of nitrogens with two attached hydrogens (primary N) is 1. The fraction of sp³-hybridized carbons (Fsp3) is 0.353. The Labute approximate surface area is 151 Å². The Morgan fingerprint density at radius 3 is 2.64 bits per heavy atom. The lowest BCUT2D eigenvalue weighted by molar-refractivity contribution is 0.0938. The van der Waals surface area contributed by atoms with Crippen molar-refractivity contribution in [2.24, 2.45) is 5.14 Å². The monoisotopic (exact) mass is 380 g/mol. The minimum atomic E-state index is -3.94. The zero-order chi connectivity index (χ0) is 18.4. The number of nitrogens with one attached hydrogen (secondary N) is 1. The number of rotatable bonds is 4. The van der Waals surface area contributed by atoms with Gasteiger partial charge in [-0.2, -0.15) is 0 Å². The van der Waals surface area contributed by atoms with E-state index in [2.05, 4.69) is 25.2 Å². The largest absolute Gasteiger partial charge is 0.494 e. The van der Waals surface area contributed by atoms with Crippen LogP contribution in [0.1, 0.15) is 47.1 Å². The lowest BCUT2D eigenvalue weighted by atomic mass is 9.86. The summed E-state index contributed by atoms with van der Waals surface area (Å²) >= 11 is 0.814. The van der Waals surface area contributed by atoms with E-state index in [1.807, 2.05) is 18.2 Å². The number of amides is 1. The van der Waals surface area contributed by atoms with E-state index in [-0.39, 0.29) is 32.2 Å². The number of carbonyl (C=O) groups excluding carboxylic acids is 1. The average molecular weight is 380 g/mol. The van der Waals surface area contributed by atoms with Crippen molar-refractivity contribution in [3.63, 3.8) is 0 Å². The highest BCUT2D eigenvalue weighted by atomic mass is 32.2. The van der Waals surface area contributed by atoms with Gasteiger partial charge in [-0.15, -0.1) is 11.3 Å². The maximum absolute atomic E-state index is 12.6. The third-order valence-electron chi connectivity index (χ3n) is 4.45. The van der Waals surface area contributed by atoms with Gasteiger partial charge in [-0.25, -0.2) is 13.6 Å². The van der Waals surface area contributed by atoms with E-state index in [9.17, 15) is 13.2 Å². The number of benzene rings is 1. The highest BCUT2D eigenvalue weighted by Gasteiger charge is 2.37. The highest BCUT2D eigenvalue weighted by molar-refractivity contribution is 7.91. The van der Waals surface area contributed by atoms with Gasteiger partial charge in [0.1, 0.15) is 0 Å². The molecule has 1 atom stereocenters. The molecule has 1 aromatic carbocycles. The minimum absolute atomic E-state index is 0.0343. The first kappa shape index (κ1) is 17.9. The molecule has 0 saturated heterocycles. The van der Waals surface area contributed by atoms with Gasteiger partial charge in [0.15, 0.2) is 9.96 Å². The Bertz CT molecular complexity index is 932. The number of methoxy groups -OCH3 is 1. The molecule has 2 aromatic rings. The second-order valence-corrected chi connectivity index (χ2v) is 9.52. The molecule has 1 aromatic heterocycles. The van der Waals surface area contributed by atoms with Crippen molar-refractivity contribution < 1.29 is 17.9 Å². The van der Waals surface area contributed by atoms with Gasteiger partial charge < -0.3 is 10.1 Å². The number of ether oxygens (including phenoxy) is 1. The van der Waals surface area contributed by atoms with E-state index in [1.54, 1.807) is 0 Å². The third-order valence-corrected chi connectivity index (χ3v) is 7.03. The quantitative estimate of drug-likeness (QED) is 0.851. The summed E-state index contributed by atoms with van der Waals surface area (Å²) in [5.74, 6) is -0.250. The van der Waals surface area contributed by atoms with Crippen molar-refractivity contribution in [1.82, 2.24) is 5.32 Å². The number of hydrogen-bond donors (Lipinski definition) is 2. The maximum Gasteiger partial charge on any atom is 0.262 e. The fourth-order valence-corrected chi connectivity index (χ4v) is 5.23. The average Bonchev–Trinajstić information content (AvgIpc) is 3.08. The van der Waals surface area contributed by atoms with Gasteiger partial charge in [-0.1, -0.05) is 38.1 Å². The van der Waals surface area contributed by atoms with Crippen LogP contribution in [-0.4, -0.2) is 21.4 Å². The SMILES string of the molecule is COc1cc(C(=O)NC2CC(C)(C)c3ccccc32)sc1S(N)(=O)=O. The Morgan fingerprint density at radius 2 is 2.04 bits per heavy atom. The van der Waals surface area contributed by atoms with Crippen LogP contribution in [0.4, 0.5) is 0 Å². The van der Waals surface area contributed by atoms with E-state index < -0.39 is 10.0 Å². The molecule has 8 heteroatoms. The van der Waals surface area contributed by atoms with Crippen molar-refractivity contribution in [2.75, 3.05) is 7.11 Å². The second kappa shape index (κ2) is 6.12. The Morgan fingerprint density at radius 1 is 1.36 bits per heavy atom. The van der Waals surface area contributed by atoms with Crippen LogP contribution in [0.2, 0.25) is 0 Å². The summed E-state index contributed by atoms with van der Waals surface area (Å²) in [6.07, 6.45) is 0.780. The van der Waals surface area contributed by atoms with Gasteiger partial charge in [-0.05, 0) is 23.0 Å². The molecule has 6 nitrogen and oxygen atoms in total. The third kappa shape index (κ3) is 3.29. The smallest absolute Gasteiger partial charge is 0.262 e. The van der Waals surface area contributed by atoms with Crippen molar-refractivity contribution in [3.8, 4) is 5.75 Å². The number of carbonyl (C=O) groups is 1. The molecular formula is C17H20N2O4S2. The van der Waals surface area contributed by atoms with Crippen LogP contribution in [0.3, 0.4) is 0 Å². The van der Waals surface area contributed by atoms with Crippen molar-refractivity contribution in [2.45, 2.75) is 35.9 Å². The number of sulfonamides is 1. The maximum atomic E-state index is 12.6. The Balaban J connectivity index is 1.88. The number of fused-ring (bicyclic) bond motifs is 1. The van der Waals surface area contributed by atoms with Crippen LogP contribution in [0.15, 0.2) is 34.5 Å². The molecular weight excluding hydrogens is 360 g/mol. The van der Waals surface area contributed by atoms with E-state index in [0.717, 1.165) is 23.3 Å². The summed E-state index contributed by atoms with van der Waals surface area (Å²) in [5, 5.41) is 8.18. The molecule has 3 rings (SSSR count). The zero-order valence-electron chi connectivity index (χ0n) is 14.2. The topological polar surface area (TPSA) is 98.5 Å². The molecule has 1 aliphatic rings. The van der Waals surface area contributed by atoms with Crippen LogP contribution in [-0.2, 0) is 15.4 Å². The number of primary sulfonamides is 1. The standard InChI is InChI=1S/C17H20N2O4S2/c1-17(2)9-12(10-6-4-5-7-11(10)17)19-15(20)14-8-13(23-3)16(24-14)25(18,21)22/h4-8,12H,9H2,1-3H3,(H,19,20)(H2,18,21,22). The number of hydrogen-bond acceptors (Lipinski definition) is 5. The van der Waals surface area contributed by atoms with Crippen molar-refractivity contribution in [3.05, 3.63) is 46.3 Å². The summed E-state index contributed by atoms with van der Waals surface area (Å²) in [7, 11) is -2.60. The molecule has 1 aliphatic carbocycles. The molecule has 134 valence electrons. The molecule has 0 saturated carbocycles. The molecule has 0 radical (unpaired) electrons. The van der Waals surface area contributed by atoms with Gasteiger partial charge in [0, 0.05) is 6.07 Å². The van der Waals surface area contributed by atoms with Crippen LogP contribution in [0.25, 0.3) is 0 Å². The highest BCUT2D eigenvalue weighted by Crippen LogP contribution is 2.44. The van der Waals surface area contributed by atoms with Gasteiger partial charge in [-0.3, -0.25) is 4.79 Å². The molecule has 1 amide bonds. The second-order valence-electron chi connectivity index (χ2n) is 6.71. The first-order valence-corrected chi connectivity index (χ1v) is 10.1. The van der Waals surface area contributed by atoms with E-state index in [0.29, 0.717) is 0 Å². The predicted octanol–water partition coefficient (Wildman–Crippen LogP) is 2.56. The van der Waals surface area contributed by atoms with Crippen molar-refractivity contribution in [1.29, 1.82) is 0 Å². The summed E-state index contributed by atoms with van der Waals surface area (Å²) in [4.78, 5) is 12.9. The first-order chi connectivity index (χ1) is 11.6. The Hall–Kier alpha value is -1.90. The van der Waals surface area contributed by atoms with E-state index >= 15 is 0 Å². The van der Waals surface area contributed by atoms with Crippen LogP contribution >= 0.6 is 11.3 Å². The molecule has 25 heavy (non-hydrogen) atoms.